The monoisotopic (exact) mass is 1420 g/mol. The van der Waals surface area contributed by atoms with Gasteiger partial charge in [-0.2, -0.15) is 0 Å². The number of hydrogen-bond donors (Lipinski definition) is 0. The smallest absolute Gasteiger partial charge is 0.0540 e. The summed E-state index contributed by atoms with van der Waals surface area (Å²) >= 11 is 3.65. The van der Waals surface area contributed by atoms with Crippen molar-refractivity contribution in [3.05, 3.63) is 387 Å². The van der Waals surface area contributed by atoms with Crippen LogP contribution >= 0.6 is 23.5 Å². The highest BCUT2D eigenvalue weighted by Gasteiger charge is 2.38. The molecule has 0 N–H and O–H groups in total. The molecule has 2 aliphatic carbocycles. The van der Waals surface area contributed by atoms with E-state index in [1.807, 2.05) is 48.3 Å². The molecule has 0 radical (unpaired) electrons. The average Bonchev–Trinajstić information content (AvgIpc) is 1.03. The maximum atomic E-state index is 4.66. The van der Waals surface area contributed by atoms with Crippen LogP contribution in [0, 0.1) is 0 Å². The molecule has 4 nitrogen and oxygen atoms in total. The molecule has 0 fully saturated rings. The van der Waals surface area contributed by atoms with Crippen molar-refractivity contribution >= 4 is 79.2 Å². The van der Waals surface area contributed by atoms with Crippen molar-refractivity contribution in [1.82, 2.24) is 9.97 Å². The second-order valence-corrected chi connectivity index (χ2v) is 31.7. The summed E-state index contributed by atoms with van der Waals surface area (Å²) in [6.45, 7) is 9.45. The van der Waals surface area contributed by atoms with Gasteiger partial charge in [-0.25, -0.2) is 0 Å². The third-order valence-corrected chi connectivity index (χ3v) is 25.0. The van der Waals surface area contributed by atoms with Gasteiger partial charge in [0.25, 0.3) is 0 Å². The lowest BCUT2D eigenvalue weighted by Crippen LogP contribution is -2.17. The molecule has 0 unspecified atom stereocenters. The van der Waals surface area contributed by atoms with Crippen molar-refractivity contribution in [1.29, 1.82) is 0 Å². The maximum Gasteiger partial charge on any atom is 0.0540 e. The largest absolute Gasteiger partial charge is 0.310 e. The van der Waals surface area contributed by atoms with E-state index in [9.17, 15) is 0 Å². The van der Waals surface area contributed by atoms with E-state index in [0.29, 0.717) is 0 Å². The van der Waals surface area contributed by atoms with Crippen LogP contribution in [0.1, 0.15) is 49.9 Å². The van der Waals surface area contributed by atoms with E-state index in [-0.39, 0.29) is 10.8 Å². The molecule has 21 rings (SSSR count). The Bertz CT molecular complexity index is 6280. The summed E-state index contributed by atoms with van der Waals surface area (Å²) in [7, 11) is 0. The Morgan fingerprint density at radius 1 is 0.231 bits per heavy atom. The SMILES string of the molecule is CC1(C)c2ccccc2-c2ccc(N(c3cc(-c4ccccc4)cc(-c4ccccc4)c3)c3ccc4c5c(cccc35)-c3ccccc3Sc3ccncc3-4)cc21.CC1(C)c2ccccc2-c2ccc(N(c3ccc(-c4ccccc4)cc3)c3ccc4c5c(cccc35)-c3ccccc3Sc3ccncc3-4)cc21. The molecule has 0 saturated carbocycles. The van der Waals surface area contributed by atoms with Crippen LogP contribution in [-0.4, -0.2) is 9.97 Å². The van der Waals surface area contributed by atoms with Crippen LogP contribution < -0.4 is 9.80 Å². The first kappa shape index (κ1) is 65.0. The predicted molar refractivity (Wildman–Crippen MR) is 454 cm³/mol. The van der Waals surface area contributed by atoms with Gasteiger partial charge < -0.3 is 9.80 Å². The Labute approximate surface area is 639 Å². The summed E-state index contributed by atoms with van der Waals surface area (Å²) in [6.07, 6.45) is 7.88. The second-order valence-electron chi connectivity index (χ2n) is 29.5. The number of aromatic nitrogens is 2. The Balaban J connectivity index is 0.000000143. The number of pyridine rings is 2. The molecule has 0 bridgehead atoms. The van der Waals surface area contributed by atoms with E-state index >= 15 is 0 Å². The highest BCUT2D eigenvalue weighted by molar-refractivity contribution is 8.00. The van der Waals surface area contributed by atoms with Crippen LogP contribution in [0.15, 0.2) is 384 Å². The molecule has 4 heterocycles. The zero-order chi connectivity index (χ0) is 72.2. The topological polar surface area (TPSA) is 32.3 Å². The Morgan fingerprint density at radius 2 is 0.574 bits per heavy atom. The summed E-state index contributed by atoms with van der Waals surface area (Å²) in [6, 6.07) is 125. The van der Waals surface area contributed by atoms with Crippen LogP contribution in [-0.2, 0) is 10.8 Å². The molecule has 108 heavy (non-hydrogen) atoms. The molecule has 0 atom stereocenters. The van der Waals surface area contributed by atoms with Gasteiger partial charge in [0.1, 0.15) is 0 Å². The first-order valence-electron chi connectivity index (χ1n) is 37.1. The number of anilines is 6. The van der Waals surface area contributed by atoms with Gasteiger partial charge in [0.05, 0.1) is 11.4 Å². The van der Waals surface area contributed by atoms with E-state index in [0.717, 1.165) is 45.3 Å². The van der Waals surface area contributed by atoms with Crippen LogP contribution in [0.25, 0.3) is 122 Å². The fraction of sp³-hybridized carbons (Fsp3) is 0.0588. The van der Waals surface area contributed by atoms with Crippen molar-refractivity contribution in [3.8, 4) is 100 Å². The van der Waals surface area contributed by atoms with Gasteiger partial charge in [0.2, 0.25) is 0 Å². The minimum absolute atomic E-state index is 0.112. The van der Waals surface area contributed by atoms with E-state index in [1.54, 1.807) is 0 Å². The van der Waals surface area contributed by atoms with Crippen molar-refractivity contribution < 1.29 is 0 Å². The van der Waals surface area contributed by atoms with E-state index in [1.165, 1.54) is 152 Å². The van der Waals surface area contributed by atoms with Crippen molar-refractivity contribution in [2.24, 2.45) is 0 Å². The third-order valence-electron chi connectivity index (χ3n) is 22.7. The molecule has 0 spiro atoms. The molecule has 2 aromatic heterocycles. The van der Waals surface area contributed by atoms with E-state index in [2.05, 4.69) is 387 Å². The Kier molecular flexibility index (Phi) is 15.7. The summed E-state index contributed by atoms with van der Waals surface area (Å²) in [5, 5.41) is 4.88. The summed E-state index contributed by atoms with van der Waals surface area (Å²) in [5.74, 6) is 0. The fourth-order valence-corrected chi connectivity index (χ4v) is 19.6. The molecular formula is C102H72N4S2. The third kappa shape index (κ3) is 10.8. The molecular weight excluding hydrogens is 1350 g/mol. The lowest BCUT2D eigenvalue weighted by Gasteiger charge is -2.31. The number of fused-ring (bicyclic) bond motifs is 14. The van der Waals surface area contributed by atoms with Gasteiger partial charge in [-0.15, -0.1) is 0 Å². The van der Waals surface area contributed by atoms with Crippen molar-refractivity contribution in [3.63, 3.8) is 0 Å². The lowest BCUT2D eigenvalue weighted by atomic mass is 9.82. The zero-order valence-electron chi connectivity index (χ0n) is 60.2. The highest BCUT2D eigenvalue weighted by Crippen LogP contribution is 2.57. The van der Waals surface area contributed by atoms with Gasteiger partial charge in [-0.3, -0.25) is 9.97 Å². The first-order chi connectivity index (χ1) is 53.1. The highest BCUT2D eigenvalue weighted by atomic mass is 32.2. The molecule has 2 aliphatic heterocycles. The summed E-state index contributed by atoms with van der Waals surface area (Å²) < 4.78 is 0. The minimum Gasteiger partial charge on any atom is -0.310 e. The van der Waals surface area contributed by atoms with E-state index in [4.69, 9.17) is 0 Å². The second kappa shape index (κ2) is 26.2. The zero-order valence-corrected chi connectivity index (χ0v) is 61.9. The molecule has 15 aromatic carbocycles. The quantitative estimate of drug-likeness (QED) is 0.143. The molecule has 17 aromatic rings. The molecule has 4 aliphatic rings. The summed E-state index contributed by atoms with van der Waals surface area (Å²) in [4.78, 5) is 19.2. The van der Waals surface area contributed by atoms with Gasteiger partial charge in [0.15, 0.2) is 0 Å². The number of hydrogen-bond acceptors (Lipinski definition) is 6. The number of nitrogens with zero attached hydrogens (tertiary/aromatic N) is 4. The minimum atomic E-state index is -0.150. The molecule has 0 saturated heterocycles. The Morgan fingerprint density at radius 3 is 1.04 bits per heavy atom. The Hall–Kier alpha value is -12.6. The normalized spacial score (nSPS) is 13.3. The van der Waals surface area contributed by atoms with Crippen LogP contribution in [0.2, 0.25) is 0 Å². The number of rotatable bonds is 9. The fourth-order valence-electron chi connectivity index (χ4n) is 17.5. The molecule has 0 amide bonds. The van der Waals surface area contributed by atoms with Crippen LogP contribution in [0.4, 0.5) is 34.1 Å². The number of benzene rings is 15. The van der Waals surface area contributed by atoms with Crippen molar-refractivity contribution in [2.45, 2.75) is 58.1 Å². The van der Waals surface area contributed by atoms with Crippen LogP contribution in [0.3, 0.4) is 0 Å². The van der Waals surface area contributed by atoms with Gasteiger partial charge in [-0.05, 0) is 213 Å². The van der Waals surface area contributed by atoms with Gasteiger partial charge in [0, 0.05) is 99.8 Å². The predicted octanol–water partition coefficient (Wildman–Crippen LogP) is 28.6. The van der Waals surface area contributed by atoms with Gasteiger partial charge in [-0.1, -0.05) is 300 Å². The lowest BCUT2D eigenvalue weighted by molar-refractivity contribution is 0.660. The van der Waals surface area contributed by atoms with E-state index < -0.39 is 0 Å². The van der Waals surface area contributed by atoms with Gasteiger partial charge >= 0.3 is 0 Å². The van der Waals surface area contributed by atoms with Crippen LogP contribution in [0.5, 0.6) is 0 Å². The maximum absolute atomic E-state index is 4.66. The summed E-state index contributed by atoms with van der Waals surface area (Å²) in [5.41, 5.74) is 34.1. The average molecular weight is 1420 g/mol. The first-order valence-corrected chi connectivity index (χ1v) is 38.8. The molecule has 512 valence electrons. The molecule has 6 heteroatoms. The standard InChI is InChI=1S/C54H38N2S.C48H34N2S/c1-54(2)48-22-11-9-18-41(48)42-25-24-39(33-49(42)54)56(40-31-37(35-14-5-3-6-15-35)30-38(32-40)36-16-7-4-8-17-36)50-27-26-45-47-34-55-29-28-52(47)57-51-23-12-10-19-43(51)44-20-13-21-46(50)53(44)45;1-48(2)42-17-8-6-13-35(42)36-24-23-34(29-43(36)48)50(33-21-19-32(20-22-33)31-11-4-3-5-12-31)44-26-25-39-41-30-49-28-27-46(41)51-45-18-9-7-14-37(45)38-15-10-16-40(44)47(38)39/h3-34H,1-2H3;3-30H,1-2H3. The van der Waals surface area contributed by atoms with Crippen molar-refractivity contribution in [2.75, 3.05) is 9.80 Å².